The SMILES string of the molecule is BNCCCOC. The molecule has 0 unspecified atom stereocenters. The van der Waals surface area contributed by atoms with Crippen molar-refractivity contribution in [3.05, 3.63) is 0 Å². The van der Waals surface area contributed by atoms with Crippen molar-refractivity contribution in [1.82, 2.24) is 5.23 Å². The zero-order valence-electron chi connectivity index (χ0n) is 5.03. The average molecular weight is 101 g/mol. The first-order valence-electron chi connectivity index (χ1n) is 2.55. The highest BCUT2D eigenvalue weighted by molar-refractivity contribution is 6.04. The normalized spacial score (nSPS) is 9.29. The van der Waals surface area contributed by atoms with E-state index in [1.807, 2.05) is 7.98 Å². The first-order valence-corrected chi connectivity index (χ1v) is 2.55. The molecule has 0 aromatic heterocycles. The van der Waals surface area contributed by atoms with Crippen molar-refractivity contribution in [2.75, 3.05) is 20.3 Å². The summed E-state index contributed by atoms with van der Waals surface area (Å²) in [7, 11) is 3.66. The van der Waals surface area contributed by atoms with Gasteiger partial charge in [0.15, 0.2) is 7.98 Å². The molecule has 3 heteroatoms. The molecule has 0 aliphatic rings. The Hall–Kier alpha value is -0.0151. The third-order valence-corrected chi connectivity index (χ3v) is 0.775. The lowest BCUT2D eigenvalue weighted by Gasteiger charge is -1.94. The molecule has 1 N–H and O–H groups in total. The second-order valence-electron chi connectivity index (χ2n) is 1.45. The highest BCUT2D eigenvalue weighted by Crippen LogP contribution is 1.73. The summed E-state index contributed by atoms with van der Waals surface area (Å²) in [6.07, 6.45) is 1.10. The molecule has 0 aromatic rings. The van der Waals surface area contributed by atoms with E-state index >= 15 is 0 Å². The van der Waals surface area contributed by atoms with E-state index in [-0.39, 0.29) is 0 Å². The molecule has 7 heavy (non-hydrogen) atoms. The Kier molecular flexibility index (Phi) is 5.97. The minimum Gasteiger partial charge on any atom is -0.385 e. The van der Waals surface area contributed by atoms with Crippen LogP contribution in [-0.4, -0.2) is 28.2 Å². The lowest BCUT2D eigenvalue weighted by atomic mass is 10.3. The number of ether oxygens (including phenoxy) is 1. The number of methoxy groups -OCH3 is 1. The van der Waals surface area contributed by atoms with Crippen molar-refractivity contribution in [2.24, 2.45) is 0 Å². The number of hydrogen-bond donors (Lipinski definition) is 1. The molecule has 42 valence electrons. The van der Waals surface area contributed by atoms with Crippen molar-refractivity contribution < 1.29 is 4.74 Å². The Labute approximate surface area is 45.7 Å². The van der Waals surface area contributed by atoms with E-state index in [1.165, 1.54) is 0 Å². The van der Waals surface area contributed by atoms with Gasteiger partial charge >= 0.3 is 0 Å². The summed E-state index contributed by atoms with van der Waals surface area (Å²) in [4.78, 5) is 0. The minimum atomic E-state index is 0.862. The number of hydrogen-bond acceptors (Lipinski definition) is 2. The van der Waals surface area contributed by atoms with Gasteiger partial charge in [0.2, 0.25) is 0 Å². The van der Waals surface area contributed by atoms with Crippen molar-refractivity contribution in [2.45, 2.75) is 6.42 Å². The molecular weight excluding hydrogens is 88.9 g/mol. The smallest absolute Gasteiger partial charge is 0.181 e. The summed E-state index contributed by atoms with van der Waals surface area (Å²) in [5.74, 6) is 0. The van der Waals surface area contributed by atoms with Crippen LogP contribution in [0.2, 0.25) is 0 Å². The molecule has 0 bridgehead atoms. The van der Waals surface area contributed by atoms with Crippen LogP contribution in [0.1, 0.15) is 6.42 Å². The molecule has 0 aromatic carbocycles. The fraction of sp³-hybridized carbons (Fsp3) is 1.00. The highest BCUT2D eigenvalue weighted by atomic mass is 16.5. The van der Waals surface area contributed by atoms with E-state index < -0.39 is 0 Å². The zero-order chi connectivity index (χ0) is 5.54. The van der Waals surface area contributed by atoms with Gasteiger partial charge in [0.05, 0.1) is 0 Å². The maximum Gasteiger partial charge on any atom is 0.181 e. The minimum absolute atomic E-state index is 0.862. The molecule has 0 rings (SSSR count). The van der Waals surface area contributed by atoms with E-state index in [2.05, 4.69) is 5.23 Å². The van der Waals surface area contributed by atoms with Crippen LogP contribution in [0.15, 0.2) is 0 Å². The summed E-state index contributed by atoms with van der Waals surface area (Å²) in [5.41, 5.74) is 0. The maximum atomic E-state index is 4.80. The standard InChI is InChI=1S/C4H12BNO/c1-7-4-2-3-6-5/h6H,2-5H2,1H3. The third-order valence-electron chi connectivity index (χ3n) is 0.775. The molecule has 0 aliphatic heterocycles. The van der Waals surface area contributed by atoms with Crippen molar-refractivity contribution >= 4 is 7.98 Å². The van der Waals surface area contributed by atoms with Crippen LogP contribution < -0.4 is 5.23 Å². The topological polar surface area (TPSA) is 21.3 Å². The Bertz CT molecular complexity index is 30.9. The van der Waals surface area contributed by atoms with E-state index in [0.29, 0.717) is 0 Å². The largest absolute Gasteiger partial charge is 0.385 e. The van der Waals surface area contributed by atoms with Gasteiger partial charge in [-0.1, -0.05) is 0 Å². The average Bonchev–Trinajstić information content (AvgIpc) is 1.69. The molecule has 0 amide bonds. The molecule has 0 saturated carbocycles. The second-order valence-corrected chi connectivity index (χ2v) is 1.45. The predicted octanol–water partition coefficient (Wildman–Crippen LogP) is -0.839. The van der Waals surface area contributed by atoms with E-state index in [0.717, 1.165) is 19.6 Å². The van der Waals surface area contributed by atoms with Gasteiger partial charge in [0, 0.05) is 13.7 Å². The van der Waals surface area contributed by atoms with Crippen molar-refractivity contribution in [3.63, 3.8) is 0 Å². The summed E-state index contributed by atoms with van der Waals surface area (Å²) in [6, 6.07) is 0. The predicted molar refractivity (Wildman–Crippen MR) is 33.0 cm³/mol. The first kappa shape index (κ1) is 6.98. The fourth-order valence-electron chi connectivity index (χ4n) is 0.393. The first-order chi connectivity index (χ1) is 3.41. The van der Waals surface area contributed by atoms with Gasteiger partial charge in [-0.15, -0.1) is 0 Å². The van der Waals surface area contributed by atoms with Crippen molar-refractivity contribution in [1.29, 1.82) is 0 Å². The summed E-state index contributed by atoms with van der Waals surface area (Å²) >= 11 is 0. The third kappa shape index (κ3) is 5.98. The fourth-order valence-corrected chi connectivity index (χ4v) is 0.393. The summed E-state index contributed by atoms with van der Waals surface area (Å²) < 4.78 is 4.80. The summed E-state index contributed by atoms with van der Waals surface area (Å²) in [6.45, 7) is 1.91. The Morgan fingerprint density at radius 2 is 2.43 bits per heavy atom. The number of rotatable bonds is 4. The monoisotopic (exact) mass is 101 g/mol. The highest BCUT2D eigenvalue weighted by Gasteiger charge is 1.78. The van der Waals surface area contributed by atoms with Crippen LogP contribution in [0.4, 0.5) is 0 Å². The molecule has 0 saturated heterocycles. The molecule has 0 radical (unpaired) electrons. The Balaban J connectivity index is 2.45. The van der Waals surface area contributed by atoms with Crippen LogP contribution in [0, 0.1) is 0 Å². The quantitative estimate of drug-likeness (QED) is 0.368. The van der Waals surface area contributed by atoms with Crippen LogP contribution in [-0.2, 0) is 4.74 Å². The maximum absolute atomic E-state index is 4.80. The van der Waals surface area contributed by atoms with E-state index in [4.69, 9.17) is 4.74 Å². The second kappa shape index (κ2) is 5.98. The Morgan fingerprint density at radius 3 is 2.86 bits per heavy atom. The number of nitrogens with one attached hydrogen (secondary N) is 1. The molecule has 0 fully saturated rings. The molecule has 0 aliphatic carbocycles. The van der Waals surface area contributed by atoms with E-state index in [1.54, 1.807) is 7.11 Å². The van der Waals surface area contributed by atoms with Crippen LogP contribution in [0.5, 0.6) is 0 Å². The van der Waals surface area contributed by atoms with Gasteiger partial charge in [0.1, 0.15) is 0 Å². The molecule has 0 heterocycles. The van der Waals surface area contributed by atoms with Gasteiger partial charge < -0.3 is 9.96 Å². The van der Waals surface area contributed by atoms with Crippen LogP contribution >= 0.6 is 0 Å². The van der Waals surface area contributed by atoms with Gasteiger partial charge in [0.25, 0.3) is 0 Å². The lowest BCUT2D eigenvalue weighted by molar-refractivity contribution is 0.196. The van der Waals surface area contributed by atoms with Gasteiger partial charge in [-0.05, 0) is 13.0 Å². The molecule has 0 spiro atoms. The van der Waals surface area contributed by atoms with E-state index in [9.17, 15) is 0 Å². The lowest BCUT2D eigenvalue weighted by Crippen LogP contribution is -2.11. The van der Waals surface area contributed by atoms with Crippen molar-refractivity contribution in [3.8, 4) is 0 Å². The van der Waals surface area contributed by atoms with Gasteiger partial charge in [-0.25, -0.2) is 0 Å². The molecule has 0 atom stereocenters. The van der Waals surface area contributed by atoms with Crippen LogP contribution in [0.3, 0.4) is 0 Å². The molecular formula is C4H12BNO. The summed E-state index contributed by atoms with van der Waals surface area (Å²) in [5, 5.41) is 3.02. The Morgan fingerprint density at radius 1 is 1.71 bits per heavy atom. The van der Waals surface area contributed by atoms with Gasteiger partial charge in [-0.2, -0.15) is 0 Å². The zero-order valence-corrected chi connectivity index (χ0v) is 5.03. The van der Waals surface area contributed by atoms with Gasteiger partial charge in [-0.3, -0.25) is 0 Å². The van der Waals surface area contributed by atoms with Crippen LogP contribution in [0.25, 0.3) is 0 Å². The molecule has 2 nitrogen and oxygen atoms in total.